The fraction of sp³-hybridized carbons (Fsp3) is 0.300. The number of benzene rings is 2. The monoisotopic (exact) mass is 340 g/mol. The van der Waals surface area contributed by atoms with E-state index in [4.69, 9.17) is 0 Å². The summed E-state index contributed by atoms with van der Waals surface area (Å²) >= 11 is 0. The summed E-state index contributed by atoms with van der Waals surface area (Å²) in [7, 11) is 0. The van der Waals surface area contributed by atoms with Crippen LogP contribution in [0.15, 0.2) is 60.7 Å². The molecule has 5 nitrogen and oxygen atoms in total. The smallest absolute Gasteiger partial charge is 0.223 e. The maximum atomic E-state index is 12.0. The number of hydrogen-bond acceptors (Lipinski definition) is 3. The predicted molar refractivity (Wildman–Crippen MR) is 96.5 cm³/mol. The van der Waals surface area contributed by atoms with Crippen LogP contribution in [0, 0.1) is 0 Å². The van der Waals surface area contributed by atoms with Crippen LogP contribution in [0.25, 0.3) is 0 Å². The van der Waals surface area contributed by atoms with E-state index in [1.807, 2.05) is 48.5 Å². The van der Waals surface area contributed by atoms with Crippen molar-refractivity contribution in [2.24, 2.45) is 0 Å². The zero-order chi connectivity index (χ0) is 18.1. The molecule has 0 bridgehead atoms. The Morgan fingerprint density at radius 2 is 1.52 bits per heavy atom. The van der Waals surface area contributed by atoms with Crippen LogP contribution in [0.1, 0.15) is 30.9 Å². The molecule has 0 aliphatic carbocycles. The van der Waals surface area contributed by atoms with Gasteiger partial charge in [0.2, 0.25) is 11.8 Å². The molecule has 0 aliphatic heterocycles. The molecule has 1 unspecified atom stereocenters. The van der Waals surface area contributed by atoms with Gasteiger partial charge in [-0.3, -0.25) is 9.59 Å². The topological polar surface area (TPSA) is 78.4 Å². The molecule has 2 aromatic carbocycles. The van der Waals surface area contributed by atoms with Crippen molar-refractivity contribution >= 4 is 11.8 Å². The minimum atomic E-state index is -1.24. The number of amides is 2. The molecule has 0 spiro atoms. The first-order valence-corrected chi connectivity index (χ1v) is 8.32. The molecule has 1 atom stereocenters. The van der Waals surface area contributed by atoms with Crippen LogP contribution < -0.4 is 10.6 Å². The standard InChI is InChI=1S/C20H24N2O3/c1-20(25,17-10-6-3-7-11-17)14-19(24)21-13-12-18(23)22-15-16-8-4-2-5-9-16/h2-11,25H,12-15H2,1H3,(H,21,24)(H,22,23). The van der Waals surface area contributed by atoms with Gasteiger partial charge in [-0.2, -0.15) is 0 Å². The van der Waals surface area contributed by atoms with Gasteiger partial charge in [0, 0.05) is 19.5 Å². The van der Waals surface area contributed by atoms with Crippen molar-refractivity contribution in [1.82, 2.24) is 10.6 Å². The van der Waals surface area contributed by atoms with Crippen molar-refractivity contribution < 1.29 is 14.7 Å². The summed E-state index contributed by atoms with van der Waals surface area (Å²) in [4.78, 5) is 23.8. The Kier molecular flexibility index (Phi) is 6.71. The summed E-state index contributed by atoms with van der Waals surface area (Å²) in [5, 5.41) is 15.9. The molecule has 0 heterocycles. The van der Waals surface area contributed by atoms with Gasteiger partial charge in [-0.1, -0.05) is 60.7 Å². The van der Waals surface area contributed by atoms with Crippen LogP contribution in [0.3, 0.4) is 0 Å². The highest BCUT2D eigenvalue weighted by Crippen LogP contribution is 2.23. The highest BCUT2D eigenvalue weighted by atomic mass is 16.3. The molecule has 0 fully saturated rings. The highest BCUT2D eigenvalue weighted by molar-refractivity contribution is 5.79. The predicted octanol–water partition coefficient (Wildman–Crippen LogP) is 2.11. The van der Waals surface area contributed by atoms with Crippen molar-refractivity contribution in [2.75, 3.05) is 6.54 Å². The van der Waals surface area contributed by atoms with Gasteiger partial charge < -0.3 is 15.7 Å². The maximum Gasteiger partial charge on any atom is 0.223 e. The minimum absolute atomic E-state index is 0.0529. The normalized spacial score (nSPS) is 12.9. The fourth-order valence-corrected chi connectivity index (χ4v) is 2.47. The maximum absolute atomic E-state index is 12.0. The first kappa shape index (κ1) is 18.7. The molecular weight excluding hydrogens is 316 g/mol. The SMILES string of the molecule is CC(O)(CC(=O)NCCC(=O)NCc1ccccc1)c1ccccc1. The molecule has 132 valence electrons. The molecule has 2 rings (SSSR count). The average molecular weight is 340 g/mol. The molecular formula is C20H24N2O3. The quantitative estimate of drug-likeness (QED) is 0.689. The molecule has 5 heteroatoms. The van der Waals surface area contributed by atoms with Crippen LogP contribution in [0.4, 0.5) is 0 Å². The Balaban J connectivity index is 1.69. The van der Waals surface area contributed by atoms with E-state index >= 15 is 0 Å². The zero-order valence-electron chi connectivity index (χ0n) is 14.4. The lowest BCUT2D eigenvalue weighted by Crippen LogP contribution is -2.35. The van der Waals surface area contributed by atoms with Crippen molar-refractivity contribution in [3.8, 4) is 0 Å². The Hall–Kier alpha value is -2.66. The number of rotatable bonds is 8. The lowest BCUT2D eigenvalue weighted by Gasteiger charge is -2.23. The van der Waals surface area contributed by atoms with E-state index in [9.17, 15) is 14.7 Å². The Bertz CT molecular complexity index is 685. The largest absolute Gasteiger partial charge is 0.385 e. The number of carbonyl (C=O) groups is 2. The van der Waals surface area contributed by atoms with Gasteiger partial charge in [0.25, 0.3) is 0 Å². The molecule has 0 aliphatic rings. The third kappa shape index (κ3) is 6.39. The average Bonchev–Trinajstić information content (AvgIpc) is 2.61. The van der Waals surface area contributed by atoms with Gasteiger partial charge >= 0.3 is 0 Å². The van der Waals surface area contributed by atoms with E-state index in [0.29, 0.717) is 12.1 Å². The molecule has 0 saturated carbocycles. The highest BCUT2D eigenvalue weighted by Gasteiger charge is 2.26. The molecule has 0 radical (unpaired) electrons. The van der Waals surface area contributed by atoms with Crippen LogP contribution >= 0.6 is 0 Å². The first-order chi connectivity index (χ1) is 12.0. The van der Waals surface area contributed by atoms with Crippen LogP contribution in [-0.4, -0.2) is 23.5 Å². The number of aliphatic hydroxyl groups is 1. The van der Waals surface area contributed by atoms with Crippen molar-refractivity contribution in [3.63, 3.8) is 0 Å². The van der Waals surface area contributed by atoms with Crippen molar-refractivity contribution in [2.45, 2.75) is 31.9 Å². The Morgan fingerprint density at radius 3 is 2.16 bits per heavy atom. The van der Waals surface area contributed by atoms with Crippen molar-refractivity contribution in [3.05, 3.63) is 71.8 Å². The first-order valence-electron chi connectivity index (χ1n) is 8.32. The summed E-state index contributed by atoms with van der Waals surface area (Å²) < 4.78 is 0. The van der Waals surface area contributed by atoms with E-state index in [2.05, 4.69) is 10.6 Å². The van der Waals surface area contributed by atoms with Gasteiger partial charge in [-0.05, 0) is 18.1 Å². The van der Waals surface area contributed by atoms with Gasteiger partial charge in [-0.25, -0.2) is 0 Å². The number of carbonyl (C=O) groups excluding carboxylic acids is 2. The van der Waals surface area contributed by atoms with Crippen LogP contribution in [-0.2, 0) is 21.7 Å². The van der Waals surface area contributed by atoms with Gasteiger partial charge in [-0.15, -0.1) is 0 Å². The van der Waals surface area contributed by atoms with E-state index < -0.39 is 5.60 Å². The second-order valence-electron chi connectivity index (χ2n) is 6.18. The van der Waals surface area contributed by atoms with E-state index in [1.165, 1.54) is 0 Å². The minimum Gasteiger partial charge on any atom is -0.385 e. The molecule has 2 aromatic rings. The lowest BCUT2D eigenvalue weighted by molar-refractivity contribution is -0.126. The summed E-state index contributed by atoms with van der Waals surface area (Å²) in [6, 6.07) is 18.7. The fourth-order valence-electron chi connectivity index (χ4n) is 2.47. The molecule has 3 N–H and O–H groups in total. The van der Waals surface area contributed by atoms with E-state index in [0.717, 1.165) is 5.56 Å². The summed E-state index contributed by atoms with van der Waals surface area (Å²) in [6.45, 7) is 2.31. The van der Waals surface area contributed by atoms with Crippen LogP contribution in [0.5, 0.6) is 0 Å². The molecule has 0 aromatic heterocycles. The van der Waals surface area contributed by atoms with Gasteiger partial charge in [0.15, 0.2) is 0 Å². The third-order valence-electron chi connectivity index (χ3n) is 3.91. The molecule has 2 amide bonds. The molecule has 0 saturated heterocycles. The van der Waals surface area contributed by atoms with E-state index in [1.54, 1.807) is 19.1 Å². The molecule has 25 heavy (non-hydrogen) atoms. The summed E-state index contributed by atoms with van der Waals surface area (Å²) in [5.74, 6) is -0.413. The van der Waals surface area contributed by atoms with Gasteiger partial charge in [0.05, 0.1) is 12.0 Å². The van der Waals surface area contributed by atoms with Crippen molar-refractivity contribution in [1.29, 1.82) is 0 Å². The van der Waals surface area contributed by atoms with Gasteiger partial charge in [0.1, 0.15) is 0 Å². The number of nitrogens with one attached hydrogen (secondary N) is 2. The third-order valence-corrected chi connectivity index (χ3v) is 3.91. The Labute approximate surface area is 148 Å². The summed E-state index contributed by atoms with van der Waals surface area (Å²) in [6.07, 6.45) is 0.148. The second-order valence-corrected chi connectivity index (χ2v) is 6.18. The van der Waals surface area contributed by atoms with E-state index in [-0.39, 0.29) is 31.2 Å². The lowest BCUT2D eigenvalue weighted by atomic mass is 9.92. The second kappa shape index (κ2) is 8.99. The Morgan fingerprint density at radius 1 is 0.920 bits per heavy atom. The summed E-state index contributed by atoms with van der Waals surface area (Å²) in [5.41, 5.74) is 0.477. The number of hydrogen-bond donors (Lipinski definition) is 3. The zero-order valence-corrected chi connectivity index (χ0v) is 14.4. The van der Waals surface area contributed by atoms with Crippen LogP contribution in [0.2, 0.25) is 0 Å².